The maximum atomic E-state index is 14.8. The van der Waals surface area contributed by atoms with E-state index in [2.05, 4.69) is 26.6 Å². The van der Waals surface area contributed by atoms with Crippen LogP contribution in [0, 0.1) is 137 Å². The van der Waals surface area contributed by atoms with E-state index in [-0.39, 0.29) is 171 Å². The average Bonchev–Trinajstić information content (AvgIpc) is 1.64. The molecule has 20 rings (SSSR count). The lowest BCUT2D eigenvalue weighted by atomic mass is 9.94. The molecule has 5 aliphatic heterocycles. The minimum atomic E-state index is -1.13. The fraction of sp³-hybridized carbons (Fsp3) is 0.455. The van der Waals surface area contributed by atoms with Gasteiger partial charge in [0.2, 0.25) is 0 Å². The van der Waals surface area contributed by atoms with Crippen molar-refractivity contribution in [2.75, 3.05) is 92.3 Å². The third kappa shape index (κ3) is 25.5. The fourth-order valence-electron chi connectivity index (χ4n) is 19.4. The Morgan fingerprint density at radius 3 is 0.776 bits per heavy atom. The quantitative estimate of drug-likeness (QED) is 0.0566. The van der Waals surface area contributed by atoms with Gasteiger partial charge in [-0.1, -0.05) is 90.0 Å². The summed E-state index contributed by atoms with van der Waals surface area (Å²) in [5.41, 5.74) is 8.02. The summed E-state index contributed by atoms with van der Waals surface area (Å²) in [7, 11) is 0. The van der Waals surface area contributed by atoms with Crippen LogP contribution in [0.25, 0.3) is 0 Å². The van der Waals surface area contributed by atoms with Gasteiger partial charge >= 0.3 is 0 Å². The number of hydrogen-bond donors (Lipinski definition) is 14. The van der Waals surface area contributed by atoms with Crippen molar-refractivity contribution in [3.05, 3.63) is 291 Å². The van der Waals surface area contributed by atoms with Gasteiger partial charge in [0, 0.05) is 134 Å². The third-order valence-electron chi connectivity index (χ3n) is 29.6. The normalized spacial score (nSPS) is 22.7. The van der Waals surface area contributed by atoms with Crippen molar-refractivity contribution >= 4 is 40.0 Å². The lowest BCUT2D eigenvalue weighted by Gasteiger charge is -2.28. The van der Waals surface area contributed by atoms with Crippen LogP contribution in [0.1, 0.15) is 186 Å². The van der Waals surface area contributed by atoms with Crippen molar-refractivity contribution in [2.45, 2.75) is 224 Å². The Morgan fingerprint density at radius 1 is 0.273 bits per heavy atom. The second kappa shape index (κ2) is 43.9. The zero-order valence-corrected chi connectivity index (χ0v) is 80.9. The number of anilines is 5. The van der Waals surface area contributed by atoms with Crippen molar-refractivity contribution in [3.63, 3.8) is 0 Å². The predicted molar refractivity (Wildman–Crippen MR) is 517 cm³/mol. The van der Waals surface area contributed by atoms with Gasteiger partial charge in [-0.2, -0.15) is 0 Å². The molecule has 10 aliphatic rings. The lowest BCUT2D eigenvalue weighted by Crippen LogP contribution is -2.36. The van der Waals surface area contributed by atoms with E-state index < -0.39 is 131 Å². The molecule has 0 saturated heterocycles. The molecule has 14 N–H and O–H groups in total. The maximum absolute atomic E-state index is 14.8. The van der Waals surface area contributed by atoms with Crippen LogP contribution in [0.5, 0.6) is 28.7 Å². The highest BCUT2D eigenvalue weighted by molar-refractivity contribution is 6.31. The summed E-state index contributed by atoms with van der Waals surface area (Å²) in [6.07, 6.45) is 3.18. The maximum Gasteiger partial charge on any atom is 0.164 e. The number of aliphatic hydroxyl groups is 9. The monoisotopic (exact) mass is 2020 g/mol. The summed E-state index contributed by atoms with van der Waals surface area (Å²) >= 11 is 6.32. The molecular formula is C110H121ClF13N5O14. The summed E-state index contributed by atoms with van der Waals surface area (Å²) in [5.74, 6) is -11.1. The van der Waals surface area contributed by atoms with Gasteiger partial charge in [0.1, 0.15) is 97.0 Å². The van der Waals surface area contributed by atoms with Crippen LogP contribution < -0.4 is 50.3 Å². The molecule has 5 aliphatic carbocycles. The Morgan fingerprint density at radius 2 is 0.510 bits per heavy atom. The van der Waals surface area contributed by atoms with Crippen LogP contribution >= 0.6 is 11.6 Å². The molecule has 0 radical (unpaired) electrons. The number of fused-ring (bicyclic) bond motifs is 5. The number of benzene rings is 10. The molecule has 768 valence electrons. The van der Waals surface area contributed by atoms with Gasteiger partial charge in [-0.25, -0.2) is 57.1 Å². The highest BCUT2D eigenvalue weighted by atomic mass is 35.5. The highest BCUT2D eigenvalue weighted by Crippen LogP contribution is 2.57. The van der Waals surface area contributed by atoms with Gasteiger partial charge < -0.3 is 96.2 Å². The molecule has 5 saturated carbocycles. The van der Waals surface area contributed by atoms with Crippen molar-refractivity contribution in [2.24, 2.45) is 27.1 Å². The standard InChI is InChI=1S/C22H24ClF2NO3.2C22H24F3NO3.C22H24F3NO2.C22H25F2NO3/c3*1-12-2-3-13(15(23)6-12)7-14-20(25)16(24)8-19-21(14)26-11-22(4-5-22)9-17(27)18(28)10-29-19;1-13-2-3-14(17(23)8-13)9-16-20(25)18(24)10-19-21(16)26-12-22(5-6-22)11-15(27)4-7-28-19;1-13-2-4-14(5-3-13)8-15-20(24)16(23)9-19-21(15)25-12-22(6-7-22)10-17(26)18(27)11-28-19/h3*2-3,6,8,17-18,26-28H,4-5,7,9-11H2,1H3;2-3,8,10,15,26-27H,4-7,9,11-12H2,1H3;2-5,9,17-18,25-27H,6-8,10-12H2,1H3. The van der Waals surface area contributed by atoms with Gasteiger partial charge in [-0.3, -0.25) is 0 Å². The average molecular weight is 2020 g/mol. The molecule has 5 fully saturated rings. The Hall–Kier alpha value is -10.8. The first kappa shape index (κ1) is 105. The van der Waals surface area contributed by atoms with Gasteiger partial charge in [0.05, 0.1) is 65.6 Å². The molecule has 5 spiro atoms. The number of rotatable bonds is 10. The third-order valence-corrected chi connectivity index (χ3v) is 29.9. The smallest absolute Gasteiger partial charge is 0.164 e. The highest BCUT2D eigenvalue weighted by Gasteiger charge is 2.51. The molecule has 0 aromatic heterocycles. The van der Waals surface area contributed by atoms with E-state index in [0.717, 1.165) is 128 Å². The zero-order chi connectivity index (χ0) is 102. The Labute approximate surface area is 826 Å². The van der Waals surface area contributed by atoms with E-state index in [0.29, 0.717) is 104 Å². The van der Waals surface area contributed by atoms with Crippen LogP contribution in [0.2, 0.25) is 5.02 Å². The first-order valence-electron chi connectivity index (χ1n) is 48.6. The Bertz CT molecular complexity index is 5930. The predicted octanol–water partition coefficient (Wildman–Crippen LogP) is 19.9. The molecule has 10 aromatic rings. The number of ether oxygens (including phenoxy) is 5. The summed E-state index contributed by atoms with van der Waals surface area (Å²) in [5, 5.41) is 108. The van der Waals surface area contributed by atoms with E-state index in [1.54, 1.807) is 69.3 Å². The minimum absolute atomic E-state index is 0.0193. The zero-order valence-electron chi connectivity index (χ0n) is 80.1. The van der Waals surface area contributed by atoms with Gasteiger partial charge in [0.25, 0.3) is 0 Å². The second-order valence-electron chi connectivity index (χ2n) is 41.2. The largest absolute Gasteiger partial charge is 0.491 e. The Balaban J connectivity index is 0.000000128. The van der Waals surface area contributed by atoms with E-state index in [9.17, 15) is 103 Å². The summed E-state index contributed by atoms with van der Waals surface area (Å²) in [6.45, 7) is 10.8. The van der Waals surface area contributed by atoms with Gasteiger partial charge in [0.15, 0.2) is 58.2 Å². The van der Waals surface area contributed by atoms with Gasteiger partial charge in [-0.15, -0.1) is 0 Å². The minimum Gasteiger partial charge on any atom is -0.491 e. The van der Waals surface area contributed by atoms with Crippen molar-refractivity contribution in [1.29, 1.82) is 0 Å². The Kier molecular flexibility index (Phi) is 32.2. The molecular weight excluding hydrogens is 1900 g/mol. The molecule has 143 heavy (non-hydrogen) atoms. The topological polar surface area (TPSA) is 288 Å². The summed E-state index contributed by atoms with van der Waals surface area (Å²) < 4.78 is 216. The van der Waals surface area contributed by atoms with E-state index in [1.807, 2.05) is 44.2 Å². The van der Waals surface area contributed by atoms with Crippen molar-refractivity contribution in [3.8, 4) is 28.7 Å². The lowest BCUT2D eigenvalue weighted by molar-refractivity contribution is -0.0212. The first-order chi connectivity index (χ1) is 68.1. The molecule has 9 atom stereocenters. The molecule has 0 bridgehead atoms. The number of nitrogens with one attached hydrogen (secondary N) is 5. The molecule has 9 unspecified atom stereocenters. The van der Waals surface area contributed by atoms with Crippen LogP contribution in [0.3, 0.4) is 0 Å². The van der Waals surface area contributed by atoms with Crippen LogP contribution in [0.15, 0.2) is 127 Å². The van der Waals surface area contributed by atoms with E-state index >= 15 is 0 Å². The number of aryl methyl sites for hydroxylation is 5. The van der Waals surface area contributed by atoms with Crippen molar-refractivity contribution < 1.29 is 127 Å². The first-order valence-corrected chi connectivity index (χ1v) is 49.0. The number of aliphatic hydroxyl groups excluding tert-OH is 9. The fourth-order valence-corrected chi connectivity index (χ4v) is 19.7. The number of halogens is 14. The van der Waals surface area contributed by atoms with Crippen LogP contribution in [-0.2, 0) is 32.1 Å². The number of hydrogen-bond acceptors (Lipinski definition) is 19. The van der Waals surface area contributed by atoms with Crippen LogP contribution in [-0.4, -0.2) is 167 Å². The second-order valence-corrected chi connectivity index (χ2v) is 41.6. The van der Waals surface area contributed by atoms with E-state index in [1.165, 1.54) is 18.2 Å². The molecule has 10 aromatic carbocycles. The molecule has 5 heterocycles. The molecule has 19 nitrogen and oxygen atoms in total. The van der Waals surface area contributed by atoms with Crippen LogP contribution in [0.4, 0.5) is 85.5 Å². The SMILES string of the molecule is Cc1ccc(Cc2c(F)c(F)cc3c2NCC2(CC2)CC(O)C(O)CO3)c(Cl)c1.Cc1ccc(Cc2c(F)c(F)cc3c2NCC2(CC2)CC(O)C(O)CO3)c(F)c1.Cc1ccc(Cc2c(F)c(F)cc3c2NCC2(CC2)CC(O)C(O)CO3)c(F)c1.Cc1ccc(Cc2c(F)c(F)cc3c2NCC2(CC2)CC(O)C(O)CO3)cc1.Cc1ccc(Cc2c(F)c(F)cc3c2NCC2(CC2)CC(O)CCO3)c(F)c1. The van der Waals surface area contributed by atoms with Crippen molar-refractivity contribution in [1.82, 2.24) is 0 Å². The summed E-state index contributed by atoms with van der Waals surface area (Å²) in [6, 6.07) is 32.0. The molecule has 0 amide bonds. The van der Waals surface area contributed by atoms with E-state index in [4.69, 9.17) is 35.3 Å². The van der Waals surface area contributed by atoms with Gasteiger partial charge in [-0.05, 0) is 232 Å². The molecule has 33 heteroatoms. The summed E-state index contributed by atoms with van der Waals surface area (Å²) in [4.78, 5) is 0.